The molecule has 2 fully saturated rings. The van der Waals surface area contributed by atoms with E-state index in [1.54, 1.807) is 11.0 Å². The van der Waals surface area contributed by atoms with Crippen LogP contribution in [0.15, 0.2) is 35.7 Å². The van der Waals surface area contributed by atoms with Gasteiger partial charge in [-0.15, -0.1) is 11.3 Å². The maximum atomic E-state index is 12.9. The number of carbonyl (C=O) groups is 2. The Morgan fingerprint density at radius 2 is 1.93 bits per heavy atom. The molecule has 1 N–H and O–H groups in total. The molecule has 7 heteroatoms. The first-order valence-corrected chi connectivity index (χ1v) is 10.7. The van der Waals surface area contributed by atoms with Crippen LogP contribution in [-0.2, 0) is 4.79 Å². The molecule has 0 bridgehead atoms. The van der Waals surface area contributed by atoms with Crippen molar-refractivity contribution >= 4 is 28.8 Å². The molecule has 2 aromatic rings. The number of nitrogens with one attached hydrogen (secondary N) is 1. The summed E-state index contributed by atoms with van der Waals surface area (Å²) in [4.78, 5) is 27.9. The fraction of sp³-hybridized carbons (Fsp3) is 0.429. The number of hydrogen-bond acceptors (Lipinski definition) is 5. The Hall–Kier alpha value is -2.54. The average Bonchev–Trinajstić information content (AvgIpc) is 3.48. The zero-order valence-electron chi connectivity index (χ0n) is 15.5. The third kappa shape index (κ3) is 3.03. The monoisotopic (exact) mass is 398 g/mol. The quantitative estimate of drug-likeness (QED) is 0.848. The van der Waals surface area contributed by atoms with E-state index in [9.17, 15) is 9.59 Å². The fourth-order valence-corrected chi connectivity index (χ4v) is 5.02. The number of carbonyl (C=O) groups excluding carboxylic acids is 2. The molecule has 1 saturated heterocycles. The van der Waals surface area contributed by atoms with Gasteiger partial charge in [0.05, 0.1) is 4.88 Å². The molecule has 6 nitrogen and oxygen atoms in total. The number of ether oxygens (including phenoxy) is 2. The smallest absolute Gasteiger partial charge is 0.264 e. The maximum Gasteiger partial charge on any atom is 0.264 e. The predicted molar refractivity (Wildman–Crippen MR) is 106 cm³/mol. The lowest BCUT2D eigenvalue weighted by Gasteiger charge is -2.23. The van der Waals surface area contributed by atoms with E-state index < -0.39 is 11.8 Å². The number of anilines is 1. The van der Waals surface area contributed by atoms with Gasteiger partial charge in [-0.25, -0.2) is 0 Å². The molecule has 3 heterocycles. The molecule has 3 aliphatic rings. The van der Waals surface area contributed by atoms with Crippen LogP contribution in [0.5, 0.6) is 11.5 Å². The molecule has 2 amide bonds. The second-order valence-corrected chi connectivity index (χ2v) is 8.55. The van der Waals surface area contributed by atoms with Crippen molar-refractivity contribution in [1.29, 1.82) is 0 Å². The van der Waals surface area contributed by atoms with E-state index in [0.717, 1.165) is 37.9 Å². The minimum atomic E-state index is -0.514. The van der Waals surface area contributed by atoms with Crippen LogP contribution in [0.3, 0.4) is 0 Å². The lowest BCUT2D eigenvalue weighted by Crippen LogP contribution is -2.42. The summed E-state index contributed by atoms with van der Waals surface area (Å²) in [6.45, 7) is 0.610. The Labute approximate surface area is 167 Å². The van der Waals surface area contributed by atoms with Gasteiger partial charge in [0, 0.05) is 31.1 Å². The molecule has 0 radical (unpaired) electrons. The predicted octanol–water partition coefficient (Wildman–Crippen LogP) is 4.03. The van der Waals surface area contributed by atoms with Crippen LogP contribution in [0.1, 0.15) is 48.2 Å². The van der Waals surface area contributed by atoms with Gasteiger partial charge in [0.15, 0.2) is 11.5 Å². The molecule has 146 valence electrons. The first-order chi connectivity index (χ1) is 13.6. The standard InChI is InChI=1S/C21H22N2O4S/c24-19(15-5-3-11-23(15)20(25)18-6-4-12-28-18)22-14-7-8-16-17(13-14)27-21(26-16)9-1-2-10-21/h4,6-8,12-13,15H,1-3,5,9-11H2,(H,22,24). The molecule has 1 unspecified atom stereocenters. The number of rotatable bonds is 3. The summed E-state index contributed by atoms with van der Waals surface area (Å²) in [6, 6.07) is 8.71. The second-order valence-electron chi connectivity index (χ2n) is 7.61. The van der Waals surface area contributed by atoms with E-state index in [4.69, 9.17) is 9.47 Å². The zero-order valence-corrected chi connectivity index (χ0v) is 16.3. The van der Waals surface area contributed by atoms with Crippen molar-refractivity contribution in [3.63, 3.8) is 0 Å². The normalized spacial score (nSPS) is 22.0. The lowest BCUT2D eigenvalue weighted by molar-refractivity contribution is -0.119. The van der Waals surface area contributed by atoms with E-state index in [1.165, 1.54) is 11.3 Å². The first kappa shape index (κ1) is 17.6. The Bertz CT molecular complexity index is 905. The van der Waals surface area contributed by atoms with Gasteiger partial charge in [-0.2, -0.15) is 0 Å². The van der Waals surface area contributed by atoms with Crippen LogP contribution >= 0.6 is 11.3 Å². The second kappa shape index (κ2) is 6.81. The van der Waals surface area contributed by atoms with Crippen LogP contribution in [0.2, 0.25) is 0 Å². The van der Waals surface area contributed by atoms with Crippen LogP contribution in [-0.4, -0.2) is 35.1 Å². The molecule has 2 aliphatic heterocycles. The summed E-state index contributed by atoms with van der Waals surface area (Å²) < 4.78 is 12.1. The van der Waals surface area contributed by atoms with Crippen molar-refractivity contribution in [2.75, 3.05) is 11.9 Å². The van der Waals surface area contributed by atoms with Gasteiger partial charge in [-0.3, -0.25) is 9.59 Å². The van der Waals surface area contributed by atoms with Gasteiger partial charge in [0.1, 0.15) is 6.04 Å². The van der Waals surface area contributed by atoms with Gasteiger partial charge in [0.25, 0.3) is 11.7 Å². The lowest BCUT2D eigenvalue weighted by atomic mass is 10.2. The summed E-state index contributed by atoms with van der Waals surface area (Å²) in [5.41, 5.74) is 0.665. The summed E-state index contributed by atoms with van der Waals surface area (Å²) >= 11 is 1.40. The Morgan fingerprint density at radius 3 is 2.71 bits per heavy atom. The third-order valence-corrected chi connectivity index (χ3v) is 6.57. The van der Waals surface area contributed by atoms with Crippen molar-refractivity contribution in [3.05, 3.63) is 40.6 Å². The number of hydrogen-bond donors (Lipinski definition) is 1. The molecule has 1 saturated carbocycles. The minimum absolute atomic E-state index is 0.0680. The van der Waals surface area contributed by atoms with Crippen molar-refractivity contribution in [2.45, 2.75) is 50.4 Å². The zero-order chi connectivity index (χ0) is 19.1. The van der Waals surface area contributed by atoms with Crippen LogP contribution in [0.25, 0.3) is 0 Å². The Morgan fingerprint density at radius 1 is 1.11 bits per heavy atom. The van der Waals surface area contributed by atoms with Crippen molar-refractivity contribution in [3.8, 4) is 11.5 Å². The fourth-order valence-electron chi connectivity index (χ4n) is 4.34. The van der Waals surface area contributed by atoms with Crippen LogP contribution < -0.4 is 14.8 Å². The van der Waals surface area contributed by atoms with Gasteiger partial charge in [-0.1, -0.05) is 6.07 Å². The highest BCUT2D eigenvalue weighted by atomic mass is 32.1. The molecule has 1 aliphatic carbocycles. The molecular weight excluding hydrogens is 376 g/mol. The van der Waals surface area contributed by atoms with Crippen molar-refractivity contribution < 1.29 is 19.1 Å². The highest BCUT2D eigenvalue weighted by Gasteiger charge is 2.44. The highest BCUT2D eigenvalue weighted by Crippen LogP contribution is 2.47. The Balaban J connectivity index is 1.29. The molecule has 1 spiro atoms. The molecule has 5 rings (SSSR count). The summed E-state index contributed by atoms with van der Waals surface area (Å²) in [5.74, 6) is 0.673. The van der Waals surface area contributed by atoms with Crippen LogP contribution in [0, 0.1) is 0 Å². The average molecular weight is 398 g/mol. The summed E-state index contributed by atoms with van der Waals surface area (Å²) in [7, 11) is 0. The van der Waals surface area contributed by atoms with E-state index in [1.807, 2.05) is 29.6 Å². The van der Waals surface area contributed by atoms with Gasteiger partial charge in [-0.05, 0) is 49.3 Å². The van der Waals surface area contributed by atoms with Crippen molar-refractivity contribution in [2.24, 2.45) is 0 Å². The van der Waals surface area contributed by atoms with Gasteiger partial charge >= 0.3 is 0 Å². The summed E-state index contributed by atoms with van der Waals surface area (Å²) in [5, 5.41) is 4.83. The van der Waals surface area contributed by atoms with Crippen molar-refractivity contribution in [1.82, 2.24) is 4.90 Å². The largest absolute Gasteiger partial charge is 0.448 e. The maximum absolute atomic E-state index is 12.9. The number of thiophene rings is 1. The highest BCUT2D eigenvalue weighted by molar-refractivity contribution is 7.12. The first-order valence-electron chi connectivity index (χ1n) is 9.81. The SMILES string of the molecule is O=C(Nc1ccc2c(c1)OC1(CCCC1)O2)C1CCCN1C(=O)c1cccs1. The minimum Gasteiger partial charge on any atom is -0.448 e. The van der Waals surface area contributed by atoms with E-state index in [-0.39, 0.29) is 11.8 Å². The van der Waals surface area contributed by atoms with Gasteiger partial charge < -0.3 is 19.7 Å². The van der Waals surface area contributed by atoms with Gasteiger partial charge in [0.2, 0.25) is 5.91 Å². The molecular formula is C21H22N2O4S. The number of benzene rings is 1. The number of likely N-dealkylation sites (tertiary alicyclic amines) is 1. The summed E-state index contributed by atoms with van der Waals surface area (Å²) in [6.07, 6.45) is 5.51. The molecule has 28 heavy (non-hydrogen) atoms. The number of nitrogens with zero attached hydrogens (tertiary/aromatic N) is 1. The van der Waals surface area contributed by atoms with E-state index in [0.29, 0.717) is 29.3 Å². The molecule has 1 aromatic carbocycles. The molecule has 1 aromatic heterocycles. The molecule has 1 atom stereocenters. The third-order valence-electron chi connectivity index (χ3n) is 5.72. The topological polar surface area (TPSA) is 67.9 Å². The number of amides is 2. The van der Waals surface area contributed by atoms with E-state index in [2.05, 4.69) is 5.32 Å². The van der Waals surface area contributed by atoms with Crippen LogP contribution in [0.4, 0.5) is 5.69 Å². The number of fused-ring (bicyclic) bond motifs is 1. The Kier molecular flexibility index (Phi) is 4.27. The van der Waals surface area contributed by atoms with E-state index >= 15 is 0 Å².